The van der Waals surface area contributed by atoms with Crippen LogP contribution in [0.1, 0.15) is 0 Å². The lowest BCUT2D eigenvalue weighted by molar-refractivity contribution is 0.479. The van der Waals surface area contributed by atoms with E-state index in [1.807, 2.05) is 84.9 Å². The van der Waals surface area contributed by atoms with Crippen LogP contribution < -0.4 is 0 Å². The zero-order valence-corrected chi connectivity index (χ0v) is 20.6. The summed E-state index contributed by atoms with van der Waals surface area (Å²) in [5, 5.41) is 13.6. The average molecular weight is 489 g/mol. The van der Waals surface area contributed by atoms with Gasteiger partial charge in [0.25, 0.3) is 0 Å². The van der Waals surface area contributed by atoms with Gasteiger partial charge >= 0.3 is 0 Å². The minimum absolute atomic E-state index is 0.282. The number of aromatic hydroxyl groups is 1. The highest BCUT2D eigenvalue weighted by Gasteiger charge is 2.18. The number of benzene rings is 6. The van der Waals surface area contributed by atoms with Crippen molar-refractivity contribution in [1.82, 2.24) is 0 Å². The van der Waals surface area contributed by atoms with Gasteiger partial charge in [-0.05, 0) is 58.1 Å². The summed E-state index contributed by atoms with van der Waals surface area (Å²) in [6, 6.07) is 47.3. The molecule has 0 unspecified atom stereocenters. The lowest BCUT2D eigenvalue weighted by Gasteiger charge is -2.15. The van der Waals surface area contributed by atoms with Crippen molar-refractivity contribution in [1.29, 1.82) is 0 Å². The molecule has 0 bridgehead atoms. The van der Waals surface area contributed by atoms with E-state index in [4.69, 9.17) is 4.42 Å². The van der Waals surface area contributed by atoms with Gasteiger partial charge in [-0.3, -0.25) is 0 Å². The molecule has 180 valence electrons. The van der Waals surface area contributed by atoms with Crippen LogP contribution in [0.2, 0.25) is 0 Å². The van der Waals surface area contributed by atoms with Gasteiger partial charge in [-0.1, -0.05) is 109 Å². The summed E-state index contributed by atoms with van der Waals surface area (Å²) in [4.78, 5) is 0. The number of phenolic OH excluding ortho intramolecular Hbond substituents is 1. The quantitative estimate of drug-likeness (QED) is 0.267. The molecule has 7 rings (SSSR count). The van der Waals surface area contributed by atoms with Crippen LogP contribution in [0, 0.1) is 0 Å². The van der Waals surface area contributed by atoms with Crippen molar-refractivity contribution in [2.75, 3.05) is 0 Å². The Labute approximate surface area is 221 Å². The largest absolute Gasteiger partial charge is 0.507 e. The Morgan fingerprint density at radius 1 is 0.395 bits per heavy atom. The normalized spacial score (nSPS) is 11.3. The number of furan rings is 1. The van der Waals surface area contributed by atoms with Crippen molar-refractivity contribution in [3.8, 4) is 50.3 Å². The van der Waals surface area contributed by atoms with E-state index < -0.39 is 0 Å². The van der Waals surface area contributed by atoms with Crippen LogP contribution in [0.4, 0.5) is 0 Å². The van der Waals surface area contributed by atoms with E-state index in [1.165, 1.54) is 0 Å². The molecule has 1 heterocycles. The van der Waals surface area contributed by atoms with Crippen molar-refractivity contribution < 1.29 is 9.52 Å². The number of rotatable bonds is 4. The lowest BCUT2D eigenvalue weighted by Crippen LogP contribution is -1.89. The van der Waals surface area contributed by atoms with Gasteiger partial charge in [0.15, 0.2) is 0 Å². The standard InChI is InChI=1S/C36H24O2/c37-35-30(24-12-4-1-5-13-24)20-27(21-31(35)25-14-6-2-7-15-25)28-22-32(26-16-8-3-9-17-26)36-33(23-28)29-18-10-11-19-34(29)38-36/h1-23,37H. The van der Waals surface area contributed by atoms with Crippen molar-refractivity contribution in [2.45, 2.75) is 0 Å². The Balaban J connectivity index is 1.55. The summed E-state index contributed by atoms with van der Waals surface area (Å²) in [5.41, 5.74) is 9.56. The Morgan fingerprint density at radius 2 is 0.842 bits per heavy atom. The molecule has 1 aromatic heterocycles. The molecule has 7 aromatic rings. The number of phenols is 1. The zero-order valence-electron chi connectivity index (χ0n) is 20.6. The van der Waals surface area contributed by atoms with Gasteiger partial charge < -0.3 is 9.52 Å². The summed E-state index contributed by atoms with van der Waals surface area (Å²) in [6.07, 6.45) is 0. The maximum Gasteiger partial charge on any atom is 0.143 e. The predicted octanol–water partition coefficient (Wildman–Crippen LogP) is 9.96. The van der Waals surface area contributed by atoms with E-state index in [-0.39, 0.29) is 5.75 Å². The van der Waals surface area contributed by atoms with Crippen LogP contribution in [0.5, 0.6) is 5.75 Å². The Bertz CT molecular complexity index is 1840. The first kappa shape index (κ1) is 22.1. The third-order valence-electron chi connectivity index (χ3n) is 7.18. The average Bonchev–Trinajstić information content (AvgIpc) is 3.37. The first-order valence-electron chi connectivity index (χ1n) is 12.8. The van der Waals surface area contributed by atoms with E-state index in [0.29, 0.717) is 0 Å². The molecule has 6 aromatic carbocycles. The second-order valence-corrected chi connectivity index (χ2v) is 9.52. The molecule has 0 atom stereocenters. The highest BCUT2D eigenvalue weighted by atomic mass is 16.3. The first-order valence-corrected chi connectivity index (χ1v) is 12.8. The highest BCUT2D eigenvalue weighted by molar-refractivity contribution is 6.11. The molecule has 0 aliphatic heterocycles. The first-order chi connectivity index (χ1) is 18.8. The van der Waals surface area contributed by atoms with Crippen molar-refractivity contribution in [3.05, 3.63) is 140 Å². The number of para-hydroxylation sites is 1. The van der Waals surface area contributed by atoms with Crippen LogP contribution in [-0.4, -0.2) is 5.11 Å². The molecule has 2 heteroatoms. The predicted molar refractivity (Wildman–Crippen MR) is 157 cm³/mol. The molecule has 0 saturated carbocycles. The van der Waals surface area contributed by atoms with Crippen molar-refractivity contribution in [2.24, 2.45) is 0 Å². The van der Waals surface area contributed by atoms with Crippen molar-refractivity contribution >= 4 is 21.9 Å². The summed E-state index contributed by atoms with van der Waals surface area (Å²) in [5.74, 6) is 0.282. The molecule has 0 aliphatic carbocycles. The Morgan fingerprint density at radius 3 is 1.42 bits per heavy atom. The van der Waals surface area contributed by atoms with Crippen LogP contribution >= 0.6 is 0 Å². The topological polar surface area (TPSA) is 33.4 Å². The molecule has 1 N–H and O–H groups in total. The molecule has 0 amide bonds. The summed E-state index contributed by atoms with van der Waals surface area (Å²) in [6.45, 7) is 0. The lowest BCUT2D eigenvalue weighted by atomic mass is 9.90. The monoisotopic (exact) mass is 488 g/mol. The van der Waals surface area contributed by atoms with Crippen LogP contribution in [0.3, 0.4) is 0 Å². The van der Waals surface area contributed by atoms with E-state index in [0.717, 1.165) is 66.4 Å². The molecule has 0 saturated heterocycles. The summed E-state index contributed by atoms with van der Waals surface area (Å²) in [7, 11) is 0. The van der Waals surface area contributed by atoms with Crippen LogP contribution in [0.25, 0.3) is 66.4 Å². The maximum atomic E-state index is 11.5. The molecule has 2 nitrogen and oxygen atoms in total. The van der Waals surface area contributed by atoms with E-state index in [1.54, 1.807) is 0 Å². The molecule has 38 heavy (non-hydrogen) atoms. The van der Waals surface area contributed by atoms with Gasteiger partial charge in [0.2, 0.25) is 0 Å². The molecule has 0 aliphatic rings. The van der Waals surface area contributed by atoms with Crippen LogP contribution in [-0.2, 0) is 0 Å². The fourth-order valence-corrected chi connectivity index (χ4v) is 5.30. The third kappa shape index (κ3) is 3.75. The second-order valence-electron chi connectivity index (χ2n) is 9.52. The number of hydrogen-bond acceptors (Lipinski definition) is 2. The van der Waals surface area contributed by atoms with Crippen LogP contribution in [0.15, 0.2) is 144 Å². The molecular weight excluding hydrogens is 464 g/mol. The Hall–Kier alpha value is -5.08. The van der Waals surface area contributed by atoms with E-state index >= 15 is 0 Å². The van der Waals surface area contributed by atoms with Gasteiger partial charge in [-0.15, -0.1) is 0 Å². The van der Waals surface area contributed by atoms with Gasteiger partial charge in [0, 0.05) is 27.5 Å². The molecule has 0 spiro atoms. The Kier molecular flexibility index (Phi) is 5.30. The maximum absolute atomic E-state index is 11.5. The SMILES string of the molecule is Oc1c(-c2ccccc2)cc(-c2cc(-c3ccccc3)c3oc4ccccc4c3c2)cc1-c1ccccc1. The zero-order chi connectivity index (χ0) is 25.5. The van der Waals surface area contributed by atoms with Gasteiger partial charge in [-0.2, -0.15) is 0 Å². The van der Waals surface area contributed by atoms with E-state index in [9.17, 15) is 5.11 Å². The second kappa shape index (κ2) is 9.10. The minimum atomic E-state index is 0.282. The molecular formula is C36H24O2. The fourth-order valence-electron chi connectivity index (χ4n) is 5.30. The summed E-state index contributed by atoms with van der Waals surface area (Å²) < 4.78 is 6.39. The van der Waals surface area contributed by atoms with Gasteiger partial charge in [-0.25, -0.2) is 0 Å². The fraction of sp³-hybridized carbons (Fsp3) is 0. The third-order valence-corrected chi connectivity index (χ3v) is 7.18. The van der Waals surface area contributed by atoms with Gasteiger partial charge in [0.1, 0.15) is 16.9 Å². The smallest absolute Gasteiger partial charge is 0.143 e. The molecule has 0 fully saturated rings. The highest BCUT2D eigenvalue weighted by Crippen LogP contribution is 2.44. The molecule has 0 radical (unpaired) electrons. The number of hydrogen-bond donors (Lipinski definition) is 1. The minimum Gasteiger partial charge on any atom is -0.507 e. The van der Waals surface area contributed by atoms with Crippen molar-refractivity contribution in [3.63, 3.8) is 0 Å². The number of fused-ring (bicyclic) bond motifs is 3. The summed E-state index contributed by atoms with van der Waals surface area (Å²) >= 11 is 0. The van der Waals surface area contributed by atoms with E-state index in [2.05, 4.69) is 54.6 Å². The van der Waals surface area contributed by atoms with Gasteiger partial charge in [0.05, 0.1) is 0 Å².